The normalized spacial score (nSPS) is 17.9. The number of amidine groups is 1. The minimum Gasteiger partial charge on any atom is -0.494 e. The van der Waals surface area contributed by atoms with E-state index in [0.29, 0.717) is 23.0 Å². The van der Waals surface area contributed by atoms with Crippen LogP contribution in [-0.4, -0.2) is 34.6 Å². The standard InChI is InChI=1S/C22H23ClN4O3S/c1-3-12-30-18-10-8-17(9-11-18)24-21(29)19-13-20(28)25-22(31-19)27-26-14(2)15-4-6-16(23)7-5-15/h4-11,19H,3,12-13H2,1-2H3,(H,24,29)(H,25,27,28)/b26-14-/t19-/m0/s1. The molecule has 0 radical (unpaired) electrons. The first-order valence-electron chi connectivity index (χ1n) is 9.83. The number of nitrogens with one attached hydrogen (secondary N) is 2. The lowest BCUT2D eigenvalue weighted by molar-refractivity contribution is -0.123. The summed E-state index contributed by atoms with van der Waals surface area (Å²) in [7, 11) is 0. The molecule has 2 aromatic carbocycles. The zero-order chi connectivity index (χ0) is 22.2. The fourth-order valence-electron chi connectivity index (χ4n) is 2.69. The van der Waals surface area contributed by atoms with Gasteiger partial charge in [-0.1, -0.05) is 42.4 Å². The summed E-state index contributed by atoms with van der Waals surface area (Å²) in [5.74, 6) is 0.197. The number of ether oxygens (including phenoxy) is 1. The van der Waals surface area contributed by atoms with E-state index in [1.165, 1.54) is 11.8 Å². The quantitative estimate of drug-likeness (QED) is 0.473. The van der Waals surface area contributed by atoms with Crippen LogP contribution in [0.4, 0.5) is 5.69 Å². The van der Waals surface area contributed by atoms with Gasteiger partial charge in [0, 0.05) is 17.1 Å². The second kappa shape index (κ2) is 11.0. The van der Waals surface area contributed by atoms with Crippen molar-refractivity contribution in [1.82, 2.24) is 5.32 Å². The van der Waals surface area contributed by atoms with E-state index >= 15 is 0 Å². The van der Waals surface area contributed by atoms with E-state index in [4.69, 9.17) is 16.3 Å². The third-order valence-electron chi connectivity index (χ3n) is 4.31. The lowest BCUT2D eigenvalue weighted by Crippen LogP contribution is -2.41. The average molecular weight is 459 g/mol. The largest absolute Gasteiger partial charge is 0.494 e. The van der Waals surface area contributed by atoms with Crippen LogP contribution in [0, 0.1) is 0 Å². The molecule has 2 aromatic rings. The van der Waals surface area contributed by atoms with Crippen molar-refractivity contribution < 1.29 is 14.3 Å². The van der Waals surface area contributed by atoms with E-state index < -0.39 is 5.25 Å². The summed E-state index contributed by atoms with van der Waals surface area (Å²) in [6.07, 6.45) is 0.986. The van der Waals surface area contributed by atoms with Crippen LogP contribution >= 0.6 is 23.4 Å². The molecule has 31 heavy (non-hydrogen) atoms. The Kier molecular flexibility index (Phi) is 8.08. The van der Waals surface area contributed by atoms with E-state index in [1.54, 1.807) is 43.3 Å². The van der Waals surface area contributed by atoms with Crippen molar-refractivity contribution in [2.45, 2.75) is 31.9 Å². The van der Waals surface area contributed by atoms with Crippen molar-refractivity contribution in [2.24, 2.45) is 10.2 Å². The van der Waals surface area contributed by atoms with Crippen molar-refractivity contribution >= 4 is 51.7 Å². The highest BCUT2D eigenvalue weighted by atomic mass is 35.5. The maximum atomic E-state index is 12.7. The van der Waals surface area contributed by atoms with E-state index in [9.17, 15) is 9.59 Å². The maximum absolute atomic E-state index is 12.7. The fraction of sp³-hybridized carbons (Fsp3) is 0.273. The van der Waals surface area contributed by atoms with Gasteiger partial charge in [-0.15, -0.1) is 5.10 Å². The number of nitrogens with zero attached hydrogens (tertiary/aromatic N) is 2. The highest BCUT2D eigenvalue weighted by Gasteiger charge is 2.30. The monoisotopic (exact) mass is 458 g/mol. The first kappa shape index (κ1) is 22.8. The number of thioether (sulfide) groups is 1. The third-order valence-corrected chi connectivity index (χ3v) is 5.64. The van der Waals surface area contributed by atoms with Gasteiger partial charge in [-0.25, -0.2) is 0 Å². The molecule has 9 heteroatoms. The summed E-state index contributed by atoms with van der Waals surface area (Å²) in [6, 6.07) is 14.3. The van der Waals surface area contributed by atoms with Gasteiger partial charge in [0.05, 0.1) is 12.3 Å². The van der Waals surface area contributed by atoms with E-state index in [1.807, 2.05) is 19.1 Å². The molecule has 0 saturated carbocycles. The van der Waals surface area contributed by atoms with Gasteiger partial charge in [0.1, 0.15) is 11.0 Å². The predicted octanol–water partition coefficient (Wildman–Crippen LogP) is 4.47. The lowest BCUT2D eigenvalue weighted by Gasteiger charge is -2.21. The van der Waals surface area contributed by atoms with Crippen molar-refractivity contribution in [3.63, 3.8) is 0 Å². The fourth-order valence-corrected chi connectivity index (χ4v) is 3.74. The second-order valence-electron chi connectivity index (χ2n) is 6.82. The Labute approximate surface area is 190 Å². The molecule has 7 nitrogen and oxygen atoms in total. The molecular weight excluding hydrogens is 436 g/mol. The lowest BCUT2D eigenvalue weighted by atomic mass is 10.1. The molecule has 1 saturated heterocycles. The van der Waals surface area contributed by atoms with Crippen molar-refractivity contribution in [3.8, 4) is 5.75 Å². The molecule has 0 unspecified atom stereocenters. The number of benzene rings is 2. The van der Waals surface area contributed by atoms with Crippen molar-refractivity contribution in [2.75, 3.05) is 11.9 Å². The molecule has 2 N–H and O–H groups in total. The van der Waals surface area contributed by atoms with Crippen LogP contribution in [0.5, 0.6) is 5.75 Å². The average Bonchev–Trinajstić information content (AvgIpc) is 2.77. The molecule has 0 bridgehead atoms. The molecule has 1 heterocycles. The number of hydrogen-bond donors (Lipinski definition) is 2. The van der Waals surface area contributed by atoms with Crippen LogP contribution in [0.3, 0.4) is 0 Å². The summed E-state index contributed by atoms with van der Waals surface area (Å²) in [4.78, 5) is 24.7. The van der Waals surface area contributed by atoms with Crippen LogP contribution in [0.25, 0.3) is 0 Å². The zero-order valence-corrected chi connectivity index (χ0v) is 18.8. The van der Waals surface area contributed by atoms with Gasteiger partial charge in [-0.05, 0) is 55.3 Å². The highest BCUT2D eigenvalue weighted by molar-refractivity contribution is 8.15. The summed E-state index contributed by atoms with van der Waals surface area (Å²) in [5, 5.41) is 14.1. The van der Waals surface area contributed by atoms with Crippen LogP contribution in [0.1, 0.15) is 32.3 Å². The highest BCUT2D eigenvalue weighted by Crippen LogP contribution is 2.23. The molecular formula is C22H23ClN4O3S. The summed E-state index contributed by atoms with van der Waals surface area (Å²) in [6.45, 7) is 4.48. The molecule has 0 aliphatic carbocycles. The van der Waals surface area contributed by atoms with Gasteiger partial charge in [0.15, 0.2) is 5.17 Å². The van der Waals surface area contributed by atoms with Crippen LogP contribution in [0.2, 0.25) is 5.02 Å². The SMILES string of the molecule is CCCOc1ccc(NC(=O)[C@@H]2CC(=O)N/C(=N/N=C(/C)c3ccc(Cl)cc3)S2)cc1. The number of hydrogen-bond acceptors (Lipinski definition) is 6. The number of anilines is 1. The molecule has 1 aliphatic rings. The molecule has 2 amide bonds. The van der Waals surface area contributed by atoms with Gasteiger partial charge in [-0.2, -0.15) is 5.10 Å². The summed E-state index contributed by atoms with van der Waals surface area (Å²) < 4.78 is 5.54. The number of carbonyl (C=O) groups excluding carboxylic acids is 2. The summed E-state index contributed by atoms with van der Waals surface area (Å²) >= 11 is 7.07. The van der Waals surface area contributed by atoms with Gasteiger partial charge in [0.2, 0.25) is 11.8 Å². The van der Waals surface area contributed by atoms with E-state index in [2.05, 4.69) is 20.8 Å². The number of halogens is 1. The maximum Gasteiger partial charge on any atom is 0.238 e. The Morgan fingerprint density at radius 2 is 1.94 bits per heavy atom. The Balaban J connectivity index is 1.63. The van der Waals surface area contributed by atoms with Crippen LogP contribution in [-0.2, 0) is 9.59 Å². The molecule has 0 spiro atoms. The van der Waals surface area contributed by atoms with Crippen LogP contribution in [0.15, 0.2) is 58.7 Å². The van der Waals surface area contributed by atoms with Crippen molar-refractivity contribution in [3.05, 3.63) is 59.1 Å². The molecule has 1 atom stereocenters. The van der Waals surface area contributed by atoms with E-state index in [0.717, 1.165) is 17.7 Å². The van der Waals surface area contributed by atoms with Gasteiger partial charge in [-0.3, -0.25) is 9.59 Å². The third kappa shape index (κ3) is 6.83. The minimum atomic E-state index is -0.602. The Bertz CT molecular complexity index is 991. The molecule has 162 valence electrons. The number of rotatable bonds is 7. The zero-order valence-electron chi connectivity index (χ0n) is 17.2. The smallest absolute Gasteiger partial charge is 0.238 e. The predicted molar refractivity (Wildman–Crippen MR) is 126 cm³/mol. The minimum absolute atomic E-state index is 0.0626. The van der Waals surface area contributed by atoms with Gasteiger partial charge >= 0.3 is 0 Å². The van der Waals surface area contributed by atoms with Gasteiger partial charge in [0.25, 0.3) is 0 Å². The Morgan fingerprint density at radius 1 is 1.23 bits per heavy atom. The molecule has 1 fully saturated rings. The summed E-state index contributed by atoms with van der Waals surface area (Å²) in [5.41, 5.74) is 2.16. The molecule has 0 aromatic heterocycles. The first-order valence-corrected chi connectivity index (χ1v) is 11.1. The first-order chi connectivity index (χ1) is 14.9. The van der Waals surface area contributed by atoms with E-state index in [-0.39, 0.29) is 23.4 Å². The second-order valence-corrected chi connectivity index (χ2v) is 8.45. The Hall–Kier alpha value is -2.84. The molecule has 3 rings (SSSR count). The molecule has 1 aliphatic heterocycles. The topological polar surface area (TPSA) is 92.1 Å². The Morgan fingerprint density at radius 3 is 2.61 bits per heavy atom. The number of carbonyl (C=O) groups is 2. The van der Waals surface area contributed by atoms with Gasteiger partial charge < -0.3 is 15.4 Å². The van der Waals surface area contributed by atoms with Crippen molar-refractivity contribution in [1.29, 1.82) is 0 Å². The number of amides is 2. The van der Waals surface area contributed by atoms with Crippen LogP contribution < -0.4 is 15.4 Å².